The lowest BCUT2D eigenvalue weighted by Gasteiger charge is -2.15. The maximum Gasteiger partial charge on any atom is 0.222 e. The van der Waals surface area contributed by atoms with Crippen molar-refractivity contribution in [3.63, 3.8) is 0 Å². The van der Waals surface area contributed by atoms with Gasteiger partial charge in [-0.1, -0.05) is 25.1 Å². The van der Waals surface area contributed by atoms with Crippen molar-refractivity contribution in [1.82, 2.24) is 10.2 Å². The van der Waals surface area contributed by atoms with Gasteiger partial charge in [-0.2, -0.15) is 0 Å². The van der Waals surface area contributed by atoms with Gasteiger partial charge in [0.2, 0.25) is 5.91 Å². The first-order valence-corrected chi connectivity index (χ1v) is 7.18. The number of hydrogen-bond donors (Lipinski definition) is 1. The first-order valence-electron chi connectivity index (χ1n) is 7.18. The van der Waals surface area contributed by atoms with Crippen molar-refractivity contribution in [3.05, 3.63) is 29.3 Å². The summed E-state index contributed by atoms with van der Waals surface area (Å²) in [4.78, 5) is 13.1. The van der Waals surface area contributed by atoms with Crippen LogP contribution in [-0.2, 0) is 11.3 Å². The van der Waals surface area contributed by atoms with Crippen molar-refractivity contribution in [2.75, 3.05) is 27.2 Å². The van der Waals surface area contributed by atoms with E-state index in [2.05, 4.69) is 31.3 Å². The molecule has 0 unspecified atom stereocenters. The van der Waals surface area contributed by atoms with Gasteiger partial charge in [0.05, 0.1) is 6.61 Å². The molecule has 1 rings (SSSR count). The van der Waals surface area contributed by atoms with Crippen LogP contribution in [0.1, 0.15) is 30.9 Å². The first-order chi connectivity index (χ1) is 9.56. The molecule has 0 aromatic heterocycles. The van der Waals surface area contributed by atoms with E-state index in [1.54, 1.807) is 19.0 Å². The second-order valence-corrected chi connectivity index (χ2v) is 5.08. The van der Waals surface area contributed by atoms with Gasteiger partial charge in [0, 0.05) is 32.6 Å². The Kier molecular flexibility index (Phi) is 7.09. The van der Waals surface area contributed by atoms with E-state index in [0.29, 0.717) is 13.0 Å². The molecule has 4 heteroatoms. The van der Waals surface area contributed by atoms with E-state index in [4.69, 9.17) is 4.74 Å². The van der Waals surface area contributed by atoms with Crippen molar-refractivity contribution in [3.8, 4) is 5.75 Å². The van der Waals surface area contributed by atoms with Gasteiger partial charge >= 0.3 is 0 Å². The molecule has 0 saturated carbocycles. The van der Waals surface area contributed by atoms with Gasteiger partial charge in [0.25, 0.3) is 0 Å². The minimum absolute atomic E-state index is 0.145. The van der Waals surface area contributed by atoms with Crippen LogP contribution in [0.3, 0.4) is 0 Å². The summed E-state index contributed by atoms with van der Waals surface area (Å²) >= 11 is 0. The number of nitrogens with one attached hydrogen (secondary N) is 1. The minimum Gasteiger partial charge on any atom is -0.493 e. The number of aryl methyl sites for hydroxylation is 1. The van der Waals surface area contributed by atoms with Crippen molar-refractivity contribution >= 4 is 5.91 Å². The lowest BCUT2D eigenvalue weighted by atomic mass is 10.1. The third kappa shape index (κ3) is 5.21. The molecule has 20 heavy (non-hydrogen) atoms. The van der Waals surface area contributed by atoms with Crippen molar-refractivity contribution in [2.24, 2.45) is 0 Å². The summed E-state index contributed by atoms with van der Waals surface area (Å²) in [5.41, 5.74) is 2.31. The van der Waals surface area contributed by atoms with E-state index in [1.165, 1.54) is 5.56 Å². The molecule has 0 bridgehead atoms. The van der Waals surface area contributed by atoms with E-state index in [-0.39, 0.29) is 5.91 Å². The molecule has 0 spiro atoms. The zero-order chi connectivity index (χ0) is 15.0. The molecule has 1 aromatic carbocycles. The van der Waals surface area contributed by atoms with Crippen LogP contribution in [0.2, 0.25) is 0 Å². The Morgan fingerprint density at radius 1 is 1.35 bits per heavy atom. The topological polar surface area (TPSA) is 41.6 Å². The zero-order valence-corrected chi connectivity index (χ0v) is 13.0. The number of carbonyl (C=O) groups excluding carboxylic acids is 1. The highest BCUT2D eigenvalue weighted by atomic mass is 16.5. The quantitative estimate of drug-likeness (QED) is 0.742. The molecule has 0 atom stereocenters. The van der Waals surface area contributed by atoms with Crippen LogP contribution in [0.15, 0.2) is 18.2 Å². The van der Waals surface area contributed by atoms with Crippen LogP contribution in [0.25, 0.3) is 0 Å². The molecule has 0 fully saturated rings. The lowest BCUT2D eigenvalue weighted by Crippen LogP contribution is -2.21. The zero-order valence-electron chi connectivity index (χ0n) is 13.0. The van der Waals surface area contributed by atoms with E-state index >= 15 is 0 Å². The summed E-state index contributed by atoms with van der Waals surface area (Å²) in [5, 5.41) is 3.31. The van der Waals surface area contributed by atoms with Crippen LogP contribution >= 0.6 is 0 Å². The smallest absolute Gasteiger partial charge is 0.222 e. The fourth-order valence-electron chi connectivity index (χ4n) is 1.94. The molecule has 1 amide bonds. The predicted octanol–water partition coefficient (Wildman–Crippen LogP) is 2.35. The molecule has 1 aromatic rings. The summed E-state index contributed by atoms with van der Waals surface area (Å²) < 4.78 is 5.88. The molecule has 1 N–H and O–H groups in total. The number of amides is 1. The summed E-state index contributed by atoms with van der Waals surface area (Å²) in [6.45, 7) is 6.46. The Hall–Kier alpha value is -1.55. The highest BCUT2D eigenvalue weighted by Crippen LogP contribution is 2.23. The standard InChI is InChI=1S/C16H26N2O2/c1-5-17-12-14-9-6-8-13(2)16(14)20-11-7-10-15(19)18(3)4/h6,8-9,17H,5,7,10-12H2,1-4H3. The minimum atomic E-state index is 0.145. The van der Waals surface area contributed by atoms with Gasteiger partial charge in [0.15, 0.2) is 0 Å². The molecule has 0 aliphatic heterocycles. The molecule has 112 valence electrons. The monoisotopic (exact) mass is 278 g/mol. The number of hydrogen-bond acceptors (Lipinski definition) is 3. The van der Waals surface area contributed by atoms with E-state index < -0.39 is 0 Å². The largest absolute Gasteiger partial charge is 0.493 e. The Balaban J connectivity index is 2.52. The second-order valence-electron chi connectivity index (χ2n) is 5.08. The molecule has 0 aliphatic carbocycles. The molecule has 0 saturated heterocycles. The third-order valence-corrected chi connectivity index (χ3v) is 3.14. The Labute approximate surface area is 122 Å². The van der Waals surface area contributed by atoms with Crippen LogP contribution < -0.4 is 10.1 Å². The number of benzene rings is 1. The lowest BCUT2D eigenvalue weighted by molar-refractivity contribution is -0.128. The van der Waals surface area contributed by atoms with Crippen LogP contribution in [0, 0.1) is 6.92 Å². The SMILES string of the molecule is CCNCc1cccc(C)c1OCCCC(=O)N(C)C. The molecule has 0 radical (unpaired) electrons. The van der Waals surface area contributed by atoms with Crippen LogP contribution in [0.5, 0.6) is 5.75 Å². The molecule has 4 nitrogen and oxygen atoms in total. The summed E-state index contributed by atoms with van der Waals surface area (Å²) in [6.07, 6.45) is 1.27. The normalized spacial score (nSPS) is 10.4. The van der Waals surface area contributed by atoms with Crippen molar-refractivity contribution in [1.29, 1.82) is 0 Å². The average Bonchev–Trinajstić information content (AvgIpc) is 2.42. The summed E-state index contributed by atoms with van der Waals surface area (Å²) in [5.74, 6) is 1.09. The van der Waals surface area contributed by atoms with Gasteiger partial charge in [-0.3, -0.25) is 4.79 Å². The van der Waals surface area contributed by atoms with E-state index in [0.717, 1.165) is 30.8 Å². The van der Waals surface area contributed by atoms with Gasteiger partial charge in [0.1, 0.15) is 5.75 Å². The molecular formula is C16H26N2O2. The van der Waals surface area contributed by atoms with Crippen LogP contribution in [0.4, 0.5) is 0 Å². The highest BCUT2D eigenvalue weighted by molar-refractivity contribution is 5.75. The summed E-state index contributed by atoms with van der Waals surface area (Å²) in [7, 11) is 3.55. The second kappa shape index (κ2) is 8.59. The number of nitrogens with zero attached hydrogens (tertiary/aromatic N) is 1. The molecule has 0 aliphatic rings. The average molecular weight is 278 g/mol. The number of carbonyl (C=O) groups is 1. The fraction of sp³-hybridized carbons (Fsp3) is 0.562. The molecular weight excluding hydrogens is 252 g/mol. The summed E-state index contributed by atoms with van der Waals surface area (Å²) in [6, 6.07) is 6.18. The Morgan fingerprint density at radius 3 is 2.75 bits per heavy atom. The maximum absolute atomic E-state index is 11.5. The van der Waals surface area contributed by atoms with Crippen LogP contribution in [-0.4, -0.2) is 38.1 Å². The van der Waals surface area contributed by atoms with Gasteiger partial charge in [-0.25, -0.2) is 0 Å². The Morgan fingerprint density at radius 2 is 2.10 bits per heavy atom. The van der Waals surface area contributed by atoms with E-state index in [9.17, 15) is 4.79 Å². The van der Waals surface area contributed by atoms with E-state index in [1.807, 2.05) is 6.07 Å². The Bertz CT molecular complexity index is 430. The first kappa shape index (κ1) is 16.5. The van der Waals surface area contributed by atoms with Gasteiger partial charge in [-0.05, 0) is 25.5 Å². The van der Waals surface area contributed by atoms with Crippen molar-refractivity contribution in [2.45, 2.75) is 33.2 Å². The van der Waals surface area contributed by atoms with Gasteiger partial charge in [-0.15, -0.1) is 0 Å². The third-order valence-electron chi connectivity index (χ3n) is 3.14. The number of para-hydroxylation sites is 1. The fourth-order valence-corrected chi connectivity index (χ4v) is 1.94. The number of ether oxygens (including phenoxy) is 1. The maximum atomic E-state index is 11.5. The predicted molar refractivity (Wildman–Crippen MR) is 82.0 cm³/mol. The highest BCUT2D eigenvalue weighted by Gasteiger charge is 2.08. The molecule has 0 heterocycles. The van der Waals surface area contributed by atoms with Gasteiger partial charge < -0.3 is 15.0 Å². The number of rotatable bonds is 8. The van der Waals surface area contributed by atoms with Crippen molar-refractivity contribution < 1.29 is 9.53 Å².